The van der Waals surface area contributed by atoms with Crippen molar-refractivity contribution in [3.05, 3.63) is 62.3 Å². The lowest BCUT2D eigenvalue weighted by molar-refractivity contribution is -0.384. The molecule has 0 radical (unpaired) electrons. The maximum absolute atomic E-state index is 12.4. The Hall–Kier alpha value is -3.11. The maximum atomic E-state index is 12.4. The number of esters is 1. The van der Waals surface area contributed by atoms with Gasteiger partial charge in [-0.2, -0.15) is 0 Å². The Bertz CT molecular complexity index is 982. The van der Waals surface area contributed by atoms with Gasteiger partial charge in [0.25, 0.3) is 11.6 Å². The van der Waals surface area contributed by atoms with Gasteiger partial charge in [-0.1, -0.05) is 6.07 Å². The van der Waals surface area contributed by atoms with E-state index in [0.29, 0.717) is 5.13 Å². The van der Waals surface area contributed by atoms with Gasteiger partial charge in [-0.05, 0) is 17.5 Å². The van der Waals surface area contributed by atoms with Crippen LogP contribution < -0.4 is 5.32 Å². The van der Waals surface area contributed by atoms with Crippen LogP contribution >= 0.6 is 22.7 Å². The highest BCUT2D eigenvalue weighted by Crippen LogP contribution is 2.28. The third kappa shape index (κ3) is 3.76. The molecule has 2 aromatic heterocycles. The van der Waals surface area contributed by atoms with Crippen LogP contribution in [0.2, 0.25) is 0 Å². The zero-order valence-electron chi connectivity index (χ0n) is 13.3. The number of thiophene rings is 1. The molecule has 0 saturated carbocycles. The minimum absolute atomic E-state index is 0.0347. The van der Waals surface area contributed by atoms with Crippen molar-refractivity contribution >= 4 is 45.4 Å². The van der Waals surface area contributed by atoms with Gasteiger partial charge < -0.3 is 4.74 Å². The minimum Gasteiger partial charge on any atom is -0.465 e. The molecule has 0 aliphatic carbocycles. The van der Waals surface area contributed by atoms with E-state index in [1.807, 2.05) is 17.5 Å². The van der Waals surface area contributed by atoms with Crippen LogP contribution in [-0.2, 0) is 4.74 Å². The van der Waals surface area contributed by atoms with Gasteiger partial charge in [0.2, 0.25) is 0 Å². The molecule has 1 amide bonds. The molecule has 0 aliphatic heterocycles. The molecule has 0 bridgehead atoms. The average Bonchev–Trinajstić information content (AvgIpc) is 3.32. The first-order valence-corrected chi connectivity index (χ1v) is 8.92. The van der Waals surface area contributed by atoms with Gasteiger partial charge >= 0.3 is 5.97 Å². The predicted octanol–water partition coefficient (Wildman–Crippen LogP) is 3.82. The number of nitrogens with zero attached hydrogens (tertiary/aromatic N) is 2. The summed E-state index contributed by atoms with van der Waals surface area (Å²) in [5.74, 6) is -1.37. The largest absolute Gasteiger partial charge is 0.465 e. The summed E-state index contributed by atoms with van der Waals surface area (Å²) in [5.41, 5.74) is 0.240. The minimum atomic E-state index is -0.767. The number of aromatic nitrogens is 1. The first kappa shape index (κ1) is 17.7. The van der Waals surface area contributed by atoms with E-state index in [-0.39, 0.29) is 16.8 Å². The summed E-state index contributed by atoms with van der Waals surface area (Å²) in [6.45, 7) is 0. The Morgan fingerprint density at radius 1 is 1.23 bits per heavy atom. The third-order valence-electron chi connectivity index (χ3n) is 3.31. The second-order valence-corrected chi connectivity index (χ2v) is 6.79. The number of rotatable bonds is 5. The summed E-state index contributed by atoms with van der Waals surface area (Å²) in [4.78, 5) is 39.8. The molecule has 0 aliphatic rings. The van der Waals surface area contributed by atoms with Gasteiger partial charge in [-0.15, -0.1) is 22.7 Å². The predicted molar refractivity (Wildman–Crippen MR) is 97.8 cm³/mol. The van der Waals surface area contributed by atoms with E-state index < -0.39 is 16.8 Å². The Balaban J connectivity index is 1.86. The fourth-order valence-corrected chi connectivity index (χ4v) is 3.59. The van der Waals surface area contributed by atoms with Gasteiger partial charge in [0.1, 0.15) is 0 Å². The number of non-ortho nitro benzene ring substituents is 1. The highest BCUT2D eigenvalue weighted by atomic mass is 32.1. The van der Waals surface area contributed by atoms with Crippen molar-refractivity contribution in [2.45, 2.75) is 0 Å². The number of anilines is 1. The lowest BCUT2D eigenvalue weighted by Crippen LogP contribution is -2.13. The van der Waals surface area contributed by atoms with Gasteiger partial charge in [0.15, 0.2) is 5.13 Å². The Morgan fingerprint density at radius 2 is 2.00 bits per heavy atom. The number of nitro groups is 1. The monoisotopic (exact) mass is 389 g/mol. The highest BCUT2D eigenvalue weighted by Gasteiger charge is 2.19. The van der Waals surface area contributed by atoms with Crippen LogP contribution in [0.3, 0.4) is 0 Å². The first-order chi connectivity index (χ1) is 12.5. The molecule has 0 atom stereocenters. The zero-order chi connectivity index (χ0) is 18.7. The smallest absolute Gasteiger partial charge is 0.338 e. The number of nitro benzene ring substituents is 1. The molecule has 0 spiro atoms. The summed E-state index contributed by atoms with van der Waals surface area (Å²) in [7, 11) is 1.16. The maximum Gasteiger partial charge on any atom is 0.338 e. The number of hydrogen-bond donors (Lipinski definition) is 1. The SMILES string of the molecule is COC(=O)c1cc(C(=O)Nc2nc(-c3cccs3)cs2)cc([N+](=O)[O-])c1. The highest BCUT2D eigenvalue weighted by molar-refractivity contribution is 7.16. The lowest BCUT2D eigenvalue weighted by atomic mass is 10.1. The van der Waals surface area contributed by atoms with Gasteiger partial charge in [0.05, 0.1) is 28.2 Å². The molecule has 1 N–H and O–H groups in total. The Morgan fingerprint density at radius 3 is 2.65 bits per heavy atom. The van der Waals surface area contributed by atoms with Crippen LogP contribution in [0.25, 0.3) is 10.6 Å². The number of benzene rings is 1. The number of hydrogen-bond acceptors (Lipinski definition) is 8. The van der Waals surface area contributed by atoms with Crippen molar-refractivity contribution < 1.29 is 19.2 Å². The molecule has 2 heterocycles. The molecule has 10 heteroatoms. The van der Waals surface area contributed by atoms with Crippen LogP contribution in [0.5, 0.6) is 0 Å². The molecule has 1 aromatic carbocycles. The molecule has 0 saturated heterocycles. The average molecular weight is 389 g/mol. The van der Waals surface area contributed by atoms with Crippen LogP contribution in [-0.4, -0.2) is 28.9 Å². The van der Waals surface area contributed by atoms with Gasteiger partial charge in [0, 0.05) is 23.1 Å². The number of carbonyl (C=O) groups is 2. The second kappa shape index (κ2) is 7.42. The molecule has 0 unspecified atom stereocenters. The molecular weight excluding hydrogens is 378 g/mol. The van der Waals surface area contributed by atoms with Crippen LogP contribution in [0.1, 0.15) is 20.7 Å². The summed E-state index contributed by atoms with van der Waals surface area (Å²) in [6, 6.07) is 7.20. The van der Waals surface area contributed by atoms with Crippen molar-refractivity contribution in [1.82, 2.24) is 4.98 Å². The van der Waals surface area contributed by atoms with Gasteiger partial charge in [-0.3, -0.25) is 20.2 Å². The molecule has 3 aromatic rings. The van der Waals surface area contributed by atoms with E-state index in [9.17, 15) is 19.7 Å². The van der Waals surface area contributed by atoms with Crippen molar-refractivity contribution in [2.24, 2.45) is 0 Å². The Labute approximate surface area is 155 Å². The fraction of sp³-hybridized carbons (Fsp3) is 0.0625. The zero-order valence-corrected chi connectivity index (χ0v) is 14.9. The van der Waals surface area contributed by atoms with Gasteiger partial charge in [-0.25, -0.2) is 9.78 Å². The Kier molecular flexibility index (Phi) is 5.05. The van der Waals surface area contributed by atoms with E-state index in [1.54, 1.807) is 5.38 Å². The number of methoxy groups -OCH3 is 1. The molecule has 3 rings (SSSR count). The van der Waals surface area contributed by atoms with Crippen LogP contribution in [0.4, 0.5) is 10.8 Å². The summed E-state index contributed by atoms with van der Waals surface area (Å²) >= 11 is 2.76. The lowest BCUT2D eigenvalue weighted by Gasteiger charge is -2.05. The molecule has 132 valence electrons. The summed E-state index contributed by atoms with van der Waals surface area (Å²) in [5, 5.41) is 17.7. The topological polar surface area (TPSA) is 111 Å². The first-order valence-electron chi connectivity index (χ1n) is 7.16. The summed E-state index contributed by atoms with van der Waals surface area (Å²) in [6.07, 6.45) is 0. The number of ether oxygens (including phenoxy) is 1. The van der Waals surface area contributed by atoms with Crippen molar-refractivity contribution in [3.8, 4) is 10.6 Å². The number of thiazole rings is 1. The quantitative estimate of drug-likeness (QED) is 0.403. The normalized spacial score (nSPS) is 10.3. The molecule has 26 heavy (non-hydrogen) atoms. The van der Waals surface area contributed by atoms with Crippen molar-refractivity contribution in [1.29, 1.82) is 0 Å². The number of carbonyl (C=O) groups excluding carboxylic acids is 2. The van der Waals surface area contributed by atoms with Crippen LogP contribution in [0.15, 0.2) is 41.1 Å². The van der Waals surface area contributed by atoms with E-state index in [0.717, 1.165) is 29.8 Å². The number of nitrogens with one attached hydrogen (secondary N) is 1. The number of amides is 1. The van der Waals surface area contributed by atoms with Crippen molar-refractivity contribution in [2.75, 3.05) is 12.4 Å². The molecule has 0 fully saturated rings. The summed E-state index contributed by atoms with van der Waals surface area (Å²) < 4.78 is 4.57. The van der Waals surface area contributed by atoms with E-state index in [4.69, 9.17) is 0 Å². The second-order valence-electron chi connectivity index (χ2n) is 4.99. The van der Waals surface area contributed by atoms with E-state index in [2.05, 4.69) is 15.0 Å². The fourth-order valence-electron chi connectivity index (χ4n) is 2.12. The molecular formula is C16H11N3O5S2. The standard InChI is InChI=1S/C16H11N3O5S2/c1-24-15(21)10-5-9(6-11(7-10)19(22)23)14(20)18-16-17-12(8-26-16)13-3-2-4-25-13/h2-8H,1H3,(H,17,18,20). The molecule has 8 nitrogen and oxygen atoms in total. The van der Waals surface area contributed by atoms with Crippen LogP contribution in [0, 0.1) is 10.1 Å². The van der Waals surface area contributed by atoms with E-state index in [1.165, 1.54) is 28.7 Å². The van der Waals surface area contributed by atoms with E-state index >= 15 is 0 Å². The third-order valence-corrected chi connectivity index (χ3v) is 4.96. The van der Waals surface area contributed by atoms with Crippen molar-refractivity contribution in [3.63, 3.8) is 0 Å².